The molecule has 1 fully saturated rings. The van der Waals surface area contributed by atoms with Crippen LogP contribution in [0.3, 0.4) is 0 Å². The molecule has 1 aromatic carbocycles. The third kappa shape index (κ3) is 8.60. The molecule has 46 heavy (non-hydrogen) atoms. The van der Waals surface area contributed by atoms with Crippen LogP contribution >= 0.6 is 24.8 Å². The first-order valence-corrected chi connectivity index (χ1v) is 20.7. The van der Waals surface area contributed by atoms with Crippen molar-refractivity contribution < 1.29 is 23.3 Å². The van der Waals surface area contributed by atoms with E-state index in [1.165, 1.54) is 59.1 Å². The van der Waals surface area contributed by atoms with Gasteiger partial charge in [-0.3, -0.25) is 6.08 Å². The Kier molecular flexibility index (Phi) is 18.2. The van der Waals surface area contributed by atoms with E-state index < -0.39 is 0 Å². The Morgan fingerprint density at radius 1 is 0.848 bits per heavy atom. The predicted molar refractivity (Wildman–Crippen MR) is 207 cm³/mol. The van der Waals surface area contributed by atoms with Gasteiger partial charge in [0, 0.05) is 0 Å². The summed E-state index contributed by atoms with van der Waals surface area (Å²) in [4.78, 5) is 0. The molecule has 5 aliphatic carbocycles. The van der Waals surface area contributed by atoms with Crippen molar-refractivity contribution in [1.29, 1.82) is 0 Å². The van der Waals surface area contributed by atoms with Crippen molar-refractivity contribution in [2.45, 2.75) is 123 Å². The summed E-state index contributed by atoms with van der Waals surface area (Å²) in [7, 11) is 0. The second-order valence-electron chi connectivity index (χ2n) is 15.8. The van der Waals surface area contributed by atoms with Crippen LogP contribution in [0.5, 0.6) is 0 Å². The first kappa shape index (κ1) is 45.5. The molecule has 2 unspecified atom stereocenters. The van der Waals surface area contributed by atoms with Gasteiger partial charge in [-0.2, -0.15) is 58.8 Å². The van der Waals surface area contributed by atoms with E-state index in [9.17, 15) is 0 Å². The molecule has 0 spiro atoms. The van der Waals surface area contributed by atoms with Gasteiger partial charge >= 0.3 is 30.2 Å². The third-order valence-corrected chi connectivity index (χ3v) is 11.4. The normalized spacial score (nSPS) is 24.5. The number of benzene rings is 1. The van der Waals surface area contributed by atoms with Crippen LogP contribution in [0.15, 0.2) is 71.4 Å². The molecule has 0 aromatic heterocycles. The first-order chi connectivity index (χ1) is 20.4. The molecular weight excluding hydrogens is 695 g/mol. The fourth-order valence-corrected chi connectivity index (χ4v) is 7.91. The molecule has 0 saturated heterocycles. The Morgan fingerprint density at radius 3 is 1.87 bits per heavy atom. The zero-order valence-electron chi connectivity index (χ0n) is 31.4. The second kappa shape index (κ2) is 18.5. The molecule has 1 saturated carbocycles. The van der Waals surface area contributed by atoms with Gasteiger partial charge in [0.25, 0.3) is 0 Å². The Balaban J connectivity index is 0.00000100. The van der Waals surface area contributed by atoms with Gasteiger partial charge in [0.15, 0.2) is 0 Å². The Bertz CT molecular complexity index is 1270. The molecule has 0 N–H and O–H groups in total. The van der Waals surface area contributed by atoms with Crippen molar-refractivity contribution in [2.75, 3.05) is 0 Å². The quantitative estimate of drug-likeness (QED) is 0.183. The van der Waals surface area contributed by atoms with Crippen LogP contribution in [0, 0.1) is 51.4 Å². The summed E-state index contributed by atoms with van der Waals surface area (Å²) in [5, 5.41) is 0. The van der Waals surface area contributed by atoms with Gasteiger partial charge in [-0.15, -0.1) is 38.2 Å². The molecule has 1 aromatic rings. The average molecular weight is 757 g/mol. The van der Waals surface area contributed by atoms with E-state index in [-0.39, 0.29) is 46.5 Å². The monoisotopic (exact) mass is 754 g/mol. The number of halogens is 2. The van der Waals surface area contributed by atoms with Gasteiger partial charge in [0.05, 0.1) is 0 Å². The molecular formula is C42H62Cl2SiZr-4. The van der Waals surface area contributed by atoms with Gasteiger partial charge in [-0.25, -0.2) is 18.1 Å². The maximum absolute atomic E-state index is 3.06. The van der Waals surface area contributed by atoms with Crippen LogP contribution in [-0.4, -0.2) is 6.88 Å². The zero-order chi connectivity index (χ0) is 33.7. The van der Waals surface area contributed by atoms with Crippen LogP contribution in [-0.2, 0) is 29.8 Å². The molecule has 2 radical (unpaired) electrons. The van der Waals surface area contributed by atoms with E-state index in [1.54, 1.807) is 28.2 Å². The van der Waals surface area contributed by atoms with Gasteiger partial charge in [0.1, 0.15) is 0 Å². The van der Waals surface area contributed by atoms with Crippen molar-refractivity contribution in [3.8, 4) is 0 Å². The fraction of sp³-hybridized carbons (Fsp3) is 0.548. The average Bonchev–Trinajstić information content (AvgIpc) is 3.65. The summed E-state index contributed by atoms with van der Waals surface area (Å²) in [6.07, 6.45) is 18.5. The molecule has 5 aliphatic rings. The Labute approximate surface area is 314 Å². The maximum atomic E-state index is 3.06. The molecule has 6 rings (SSSR count). The number of fused-ring (bicyclic) bond motifs is 6. The molecule has 256 valence electrons. The summed E-state index contributed by atoms with van der Waals surface area (Å²) >= 11 is 1.36. The van der Waals surface area contributed by atoms with E-state index >= 15 is 0 Å². The van der Waals surface area contributed by atoms with Crippen LogP contribution < -0.4 is 0 Å². The van der Waals surface area contributed by atoms with Gasteiger partial charge in [0.2, 0.25) is 0 Å². The SMILES string of the molecule is C[C-](C)C.C[C-](C)C.C[C-]1C2=C3Cc4ccccc4C3=C3C=CCCC3C2(C)C(C)(C)C(C)(C)C1(C)C.Cl.Cl.[C-]1=CC=CC1.[Si]=[Zr]. The topological polar surface area (TPSA) is 0 Å². The van der Waals surface area contributed by atoms with E-state index in [4.69, 9.17) is 0 Å². The van der Waals surface area contributed by atoms with Crippen molar-refractivity contribution in [2.24, 2.45) is 27.6 Å². The van der Waals surface area contributed by atoms with Crippen molar-refractivity contribution in [3.05, 3.63) is 106 Å². The number of hydrogen-bond donors (Lipinski definition) is 0. The minimum atomic E-state index is 0. The summed E-state index contributed by atoms with van der Waals surface area (Å²) in [6.45, 7) is 35.9. The minimum absolute atomic E-state index is 0. The molecule has 0 nitrogen and oxygen atoms in total. The molecule has 0 bridgehead atoms. The molecule has 0 aliphatic heterocycles. The summed E-state index contributed by atoms with van der Waals surface area (Å²) in [5.41, 5.74) is 10.3. The van der Waals surface area contributed by atoms with Crippen LogP contribution in [0.2, 0.25) is 0 Å². The second-order valence-corrected chi connectivity index (χ2v) is 15.8. The Morgan fingerprint density at radius 2 is 1.39 bits per heavy atom. The van der Waals surface area contributed by atoms with Crippen LogP contribution in [0.1, 0.15) is 127 Å². The number of allylic oxidation sites excluding steroid dienone is 10. The van der Waals surface area contributed by atoms with E-state index in [1.807, 2.05) is 12.2 Å². The number of hydrogen-bond acceptors (Lipinski definition) is 0. The van der Waals surface area contributed by atoms with Crippen molar-refractivity contribution >= 4 is 37.3 Å². The van der Waals surface area contributed by atoms with E-state index in [0.717, 1.165) is 12.8 Å². The molecule has 0 amide bonds. The van der Waals surface area contributed by atoms with Crippen LogP contribution in [0.25, 0.3) is 5.57 Å². The summed E-state index contributed by atoms with van der Waals surface area (Å²) in [5.74, 6) is 5.07. The van der Waals surface area contributed by atoms with Gasteiger partial charge in [-0.05, 0) is 40.6 Å². The predicted octanol–water partition coefficient (Wildman–Crippen LogP) is 13.0. The third-order valence-electron chi connectivity index (χ3n) is 11.4. The van der Waals surface area contributed by atoms with E-state index in [0.29, 0.717) is 5.92 Å². The molecule has 2 atom stereocenters. The van der Waals surface area contributed by atoms with Crippen LogP contribution in [0.4, 0.5) is 0 Å². The number of rotatable bonds is 0. The standard InChI is InChI=1S/C29H37.C5H5.2C4H9.2ClH.Si.Zr/c1-18-25-22-17-19-13-9-10-14-20(19)24(22)21-15-11-12-16-23(21)29(25,8)28(6,7)27(4,5)26(18,2)3;1-2-4-5-3-1;2*1-4(2)3;;;;/h9-11,13-15,23H,12,16-17H2,1-8H3;1-3H,4H2;2*1-3H3;2*1H;;/q4*-1;;;;. The van der Waals surface area contributed by atoms with E-state index in [2.05, 4.69) is 152 Å². The summed E-state index contributed by atoms with van der Waals surface area (Å²) < 4.78 is 0. The Hall–Kier alpha value is -0.530. The summed E-state index contributed by atoms with van der Waals surface area (Å²) in [6, 6.07) is 9.16. The van der Waals surface area contributed by atoms with Gasteiger partial charge in [-0.1, -0.05) is 113 Å². The fourth-order valence-electron chi connectivity index (χ4n) is 7.91. The van der Waals surface area contributed by atoms with Crippen molar-refractivity contribution in [3.63, 3.8) is 0 Å². The first-order valence-electron chi connectivity index (χ1n) is 16.5. The molecule has 0 heterocycles. The van der Waals surface area contributed by atoms with Crippen molar-refractivity contribution in [1.82, 2.24) is 0 Å². The zero-order valence-corrected chi connectivity index (χ0v) is 36.5. The van der Waals surface area contributed by atoms with Gasteiger partial charge < -0.3 is 11.8 Å². The molecule has 4 heteroatoms.